The largest absolute Gasteiger partial charge is 0.370 e. The number of nitrogens with two attached hydrogens (primary N) is 2. The van der Waals surface area contributed by atoms with Crippen molar-refractivity contribution in [1.82, 2.24) is 10.3 Å². The molecule has 0 aliphatic carbocycles. The standard InChI is InChI=1S/C9H7N.C2H7N5.ClH/c1-2-6-9-8(4-1)5-3-7-10-9;3-1(4)7-2(5)6;/h1-7H;(H7,3,4,5,6,7);1H. The minimum atomic E-state index is -0.312. The van der Waals surface area contributed by atoms with Gasteiger partial charge in [-0.2, -0.15) is 0 Å². The summed E-state index contributed by atoms with van der Waals surface area (Å²) in [6.45, 7) is 0. The zero-order chi connectivity index (χ0) is 12.7. The van der Waals surface area contributed by atoms with Crippen LogP contribution in [0.2, 0.25) is 0 Å². The molecule has 0 spiro atoms. The van der Waals surface area contributed by atoms with Gasteiger partial charge in [-0.15, -0.1) is 12.4 Å². The van der Waals surface area contributed by atoms with Crippen LogP contribution in [-0.4, -0.2) is 16.9 Å². The number of guanidine groups is 2. The van der Waals surface area contributed by atoms with Gasteiger partial charge in [0.1, 0.15) is 0 Å². The summed E-state index contributed by atoms with van der Waals surface area (Å²) in [5.74, 6) is -0.625. The predicted molar refractivity (Wildman–Crippen MR) is 76.0 cm³/mol. The number of para-hydroxylation sites is 1. The molecule has 1 aromatic heterocycles. The summed E-state index contributed by atoms with van der Waals surface area (Å²) in [5.41, 5.74) is 10.5. The summed E-state index contributed by atoms with van der Waals surface area (Å²) in [6.07, 6.45) is 1.81. The maximum Gasteiger partial charge on any atom is 0.192 e. The van der Waals surface area contributed by atoms with Crippen molar-refractivity contribution in [3.63, 3.8) is 0 Å². The van der Waals surface area contributed by atoms with E-state index in [9.17, 15) is 0 Å². The summed E-state index contributed by atoms with van der Waals surface area (Å²) in [6, 6.07) is 12.1. The quantitative estimate of drug-likeness (QED) is 0.361. The van der Waals surface area contributed by atoms with Crippen LogP contribution in [0.4, 0.5) is 0 Å². The fourth-order valence-corrected chi connectivity index (χ4v) is 1.16. The highest BCUT2D eigenvalue weighted by Crippen LogP contribution is 2.07. The number of fused-ring (bicyclic) bond motifs is 1. The van der Waals surface area contributed by atoms with E-state index in [4.69, 9.17) is 22.3 Å². The van der Waals surface area contributed by atoms with Gasteiger partial charge in [0.25, 0.3) is 0 Å². The first-order valence-electron chi connectivity index (χ1n) is 4.84. The highest BCUT2D eigenvalue weighted by Gasteiger charge is 1.86. The van der Waals surface area contributed by atoms with Crippen LogP contribution in [0.3, 0.4) is 0 Å². The van der Waals surface area contributed by atoms with E-state index in [1.807, 2.05) is 35.8 Å². The van der Waals surface area contributed by atoms with Crippen molar-refractivity contribution in [1.29, 1.82) is 10.8 Å². The normalized spacial score (nSPS) is 8.44. The Morgan fingerprint density at radius 3 is 2.06 bits per heavy atom. The molecule has 1 heterocycles. The van der Waals surface area contributed by atoms with Crippen LogP contribution in [0.5, 0.6) is 0 Å². The first kappa shape index (κ1) is 15.7. The molecule has 0 radical (unpaired) electrons. The molecule has 0 saturated carbocycles. The van der Waals surface area contributed by atoms with Gasteiger partial charge in [0.15, 0.2) is 11.9 Å². The monoisotopic (exact) mass is 266 g/mol. The van der Waals surface area contributed by atoms with Crippen LogP contribution in [0.15, 0.2) is 42.6 Å². The van der Waals surface area contributed by atoms with Gasteiger partial charge in [-0.25, -0.2) is 0 Å². The Morgan fingerprint density at radius 1 is 1.00 bits per heavy atom. The van der Waals surface area contributed by atoms with E-state index in [0.717, 1.165) is 5.52 Å². The van der Waals surface area contributed by atoms with Gasteiger partial charge >= 0.3 is 0 Å². The molecule has 7 N–H and O–H groups in total. The highest BCUT2D eigenvalue weighted by atomic mass is 35.5. The van der Waals surface area contributed by atoms with Crippen molar-refractivity contribution in [2.45, 2.75) is 0 Å². The molecule has 18 heavy (non-hydrogen) atoms. The minimum absolute atomic E-state index is 0. The summed E-state index contributed by atoms with van der Waals surface area (Å²) in [4.78, 5) is 4.18. The van der Waals surface area contributed by atoms with Gasteiger partial charge in [0, 0.05) is 11.6 Å². The average Bonchev–Trinajstić information content (AvgIpc) is 2.28. The Bertz CT molecular complexity index is 450. The van der Waals surface area contributed by atoms with E-state index >= 15 is 0 Å². The molecule has 6 nitrogen and oxygen atoms in total. The molecule has 0 unspecified atom stereocenters. The van der Waals surface area contributed by atoms with Crippen LogP contribution >= 0.6 is 12.4 Å². The maximum absolute atomic E-state index is 6.47. The second kappa shape index (κ2) is 7.86. The van der Waals surface area contributed by atoms with Crippen molar-refractivity contribution >= 4 is 35.2 Å². The molecule has 1 aromatic carbocycles. The lowest BCUT2D eigenvalue weighted by atomic mass is 10.2. The smallest absolute Gasteiger partial charge is 0.192 e. The molecule has 2 rings (SSSR count). The topological polar surface area (TPSA) is 125 Å². The third-order valence-electron chi connectivity index (χ3n) is 1.78. The Balaban J connectivity index is 0.000000326. The highest BCUT2D eigenvalue weighted by molar-refractivity contribution is 5.93. The van der Waals surface area contributed by atoms with Crippen LogP contribution in [0, 0.1) is 10.8 Å². The summed E-state index contributed by atoms with van der Waals surface area (Å²) < 4.78 is 0. The van der Waals surface area contributed by atoms with Crippen molar-refractivity contribution in [3.05, 3.63) is 42.6 Å². The Hall–Kier alpha value is -2.34. The second-order valence-corrected chi connectivity index (χ2v) is 3.15. The van der Waals surface area contributed by atoms with Crippen molar-refractivity contribution in [3.8, 4) is 0 Å². The zero-order valence-electron chi connectivity index (χ0n) is 9.55. The molecule has 96 valence electrons. The van der Waals surface area contributed by atoms with Crippen LogP contribution in [0.25, 0.3) is 10.9 Å². The van der Waals surface area contributed by atoms with E-state index in [2.05, 4.69) is 17.1 Å². The number of hydrogen-bond donors (Lipinski definition) is 5. The Kier molecular flexibility index (Phi) is 6.83. The number of pyridine rings is 1. The molecule has 0 aliphatic heterocycles. The maximum atomic E-state index is 6.47. The minimum Gasteiger partial charge on any atom is -0.370 e. The molecule has 2 aromatic rings. The van der Waals surface area contributed by atoms with Crippen LogP contribution in [0.1, 0.15) is 0 Å². The molecular weight excluding hydrogens is 252 g/mol. The summed E-state index contributed by atoms with van der Waals surface area (Å²) >= 11 is 0. The van der Waals surface area contributed by atoms with Gasteiger partial charge < -0.3 is 11.5 Å². The zero-order valence-corrected chi connectivity index (χ0v) is 10.4. The van der Waals surface area contributed by atoms with Gasteiger partial charge in [-0.1, -0.05) is 24.3 Å². The molecule has 0 amide bonds. The van der Waals surface area contributed by atoms with Crippen LogP contribution < -0.4 is 16.8 Å². The predicted octanol–water partition coefficient (Wildman–Crippen LogP) is 1.02. The molecule has 0 saturated heterocycles. The number of nitrogens with zero attached hydrogens (tertiary/aromatic N) is 1. The number of halogens is 1. The van der Waals surface area contributed by atoms with E-state index < -0.39 is 0 Å². The fraction of sp³-hybridized carbons (Fsp3) is 0. The number of rotatable bonds is 0. The van der Waals surface area contributed by atoms with Crippen molar-refractivity contribution < 1.29 is 0 Å². The number of hydrogen-bond acceptors (Lipinski definition) is 3. The lowest BCUT2D eigenvalue weighted by Gasteiger charge is -1.95. The second-order valence-electron chi connectivity index (χ2n) is 3.15. The van der Waals surface area contributed by atoms with Gasteiger partial charge in [0.2, 0.25) is 0 Å². The molecular formula is C11H15ClN6. The van der Waals surface area contributed by atoms with Crippen molar-refractivity contribution in [2.75, 3.05) is 0 Å². The number of nitrogens with one attached hydrogen (secondary N) is 3. The first-order chi connectivity index (χ1) is 8.09. The van der Waals surface area contributed by atoms with Gasteiger partial charge in [-0.3, -0.25) is 21.1 Å². The summed E-state index contributed by atoms with van der Waals surface area (Å²) in [7, 11) is 0. The van der Waals surface area contributed by atoms with E-state index in [1.165, 1.54) is 5.39 Å². The number of aromatic nitrogens is 1. The fourth-order valence-electron chi connectivity index (χ4n) is 1.16. The van der Waals surface area contributed by atoms with Gasteiger partial charge in [-0.05, 0) is 12.1 Å². The average molecular weight is 267 g/mol. The Morgan fingerprint density at radius 2 is 1.56 bits per heavy atom. The van der Waals surface area contributed by atoms with Crippen LogP contribution in [-0.2, 0) is 0 Å². The molecule has 0 bridgehead atoms. The molecule has 0 fully saturated rings. The van der Waals surface area contributed by atoms with E-state index in [0.29, 0.717) is 0 Å². The third kappa shape index (κ3) is 5.66. The third-order valence-corrected chi connectivity index (χ3v) is 1.78. The van der Waals surface area contributed by atoms with E-state index in [-0.39, 0.29) is 24.3 Å². The molecule has 0 atom stereocenters. The van der Waals surface area contributed by atoms with Gasteiger partial charge in [0.05, 0.1) is 5.52 Å². The number of benzene rings is 1. The Labute approximate surface area is 111 Å². The first-order valence-corrected chi connectivity index (χ1v) is 4.84. The summed E-state index contributed by atoms with van der Waals surface area (Å²) in [5, 5.41) is 16.2. The van der Waals surface area contributed by atoms with E-state index in [1.54, 1.807) is 0 Å². The molecule has 0 aliphatic rings. The van der Waals surface area contributed by atoms with Crippen molar-refractivity contribution in [2.24, 2.45) is 11.5 Å². The SMILES string of the molecule is Cl.N=C(N)NC(=N)N.c1ccc2ncccc2c1. The molecule has 7 heteroatoms. The lowest BCUT2D eigenvalue weighted by Crippen LogP contribution is -2.39. The lowest BCUT2D eigenvalue weighted by molar-refractivity contribution is 1.19.